The first-order valence-corrected chi connectivity index (χ1v) is 6.98. The molecule has 0 aliphatic carbocycles. The fourth-order valence-corrected chi connectivity index (χ4v) is 2.26. The third kappa shape index (κ3) is 3.21. The molecule has 8 heteroatoms. The molecule has 1 unspecified atom stereocenters. The van der Waals surface area contributed by atoms with E-state index in [1.54, 1.807) is 19.2 Å². The lowest BCUT2D eigenvalue weighted by Crippen LogP contribution is -2.41. The van der Waals surface area contributed by atoms with E-state index in [2.05, 4.69) is 15.6 Å². The minimum atomic E-state index is -0.697. The Morgan fingerprint density at radius 1 is 1.35 bits per heavy atom. The SMILES string of the molecule is CN1CC(=C2NC=NC(OCc3ccc(F)cc3)N2)C(=O)C1=O. The van der Waals surface area contributed by atoms with Crippen LogP contribution in [0.25, 0.3) is 0 Å². The predicted molar refractivity (Wildman–Crippen MR) is 79.4 cm³/mol. The van der Waals surface area contributed by atoms with Crippen LogP contribution in [-0.2, 0) is 20.9 Å². The molecule has 0 radical (unpaired) electrons. The van der Waals surface area contributed by atoms with Gasteiger partial charge in [0.15, 0.2) is 0 Å². The number of Topliss-reactive ketones (excluding diaryl/α,β-unsaturated/α-hetero) is 1. The Kier molecular flexibility index (Phi) is 4.07. The topological polar surface area (TPSA) is 83.0 Å². The second-order valence-electron chi connectivity index (χ2n) is 5.20. The summed E-state index contributed by atoms with van der Waals surface area (Å²) < 4.78 is 18.4. The molecule has 0 saturated carbocycles. The lowest BCUT2D eigenvalue weighted by molar-refractivity contribution is -0.138. The first kappa shape index (κ1) is 15.2. The number of amides is 1. The Hall–Kier alpha value is -2.74. The summed E-state index contributed by atoms with van der Waals surface area (Å²) in [6.07, 6.45) is 0.710. The van der Waals surface area contributed by atoms with Gasteiger partial charge in [-0.1, -0.05) is 12.1 Å². The molecule has 7 nitrogen and oxygen atoms in total. The molecule has 0 bridgehead atoms. The molecule has 1 aromatic carbocycles. The van der Waals surface area contributed by atoms with Gasteiger partial charge in [-0.2, -0.15) is 0 Å². The zero-order valence-corrected chi connectivity index (χ0v) is 12.4. The molecule has 2 aliphatic heterocycles. The van der Waals surface area contributed by atoms with Gasteiger partial charge in [-0.15, -0.1) is 0 Å². The molecule has 1 aromatic rings. The highest BCUT2D eigenvalue weighted by Crippen LogP contribution is 2.15. The maximum atomic E-state index is 12.9. The smallest absolute Gasteiger partial charge is 0.294 e. The molecule has 2 heterocycles. The highest BCUT2D eigenvalue weighted by atomic mass is 19.1. The molecular formula is C15H15FN4O3. The quantitative estimate of drug-likeness (QED) is 0.610. The second kappa shape index (κ2) is 6.17. The maximum Gasteiger partial charge on any atom is 0.294 e. The third-order valence-electron chi connectivity index (χ3n) is 3.52. The van der Waals surface area contributed by atoms with Crippen LogP contribution in [0.5, 0.6) is 0 Å². The number of halogens is 1. The number of hydrogen-bond acceptors (Lipinski definition) is 6. The summed E-state index contributed by atoms with van der Waals surface area (Å²) in [5.74, 6) is -0.989. The van der Waals surface area contributed by atoms with Gasteiger partial charge in [0.05, 0.1) is 25.1 Å². The third-order valence-corrected chi connectivity index (χ3v) is 3.52. The van der Waals surface area contributed by atoms with Crippen molar-refractivity contribution >= 4 is 18.0 Å². The van der Waals surface area contributed by atoms with Crippen molar-refractivity contribution in [1.82, 2.24) is 15.5 Å². The summed E-state index contributed by atoms with van der Waals surface area (Å²) in [5.41, 5.74) is 1.14. The highest BCUT2D eigenvalue weighted by molar-refractivity contribution is 6.45. The molecule has 1 atom stereocenters. The van der Waals surface area contributed by atoms with Gasteiger partial charge in [-0.05, 0) is 17.7 Å². The molecule has 1 amide bonds. The van der Waals surface area contributed by atoms with Crippen LogP contribution in [0.3, 0.4) is 0 Å². The number of rotatable bonds is 3. The Labute approximate surface area is 131 Å². The van der Waals surface area contributed by atoms with Crippen LogP contribution < -0.4 is 10.6 Å². The van der Waals surface area contributed by atoms with E-state index < -0.39 is 18.0 Å². The van der Waals surface area contributed by atoms with Crippen molar-refractivity contribution in [2.75, 3.05) is 13.6 Å². The zero-order valence-electron chi connectivity index (χ0n) is 12.4. The second-order valence-corrected chi connectivity index (χ2v) is 5.20. The van der Waals surface area contributed by atoms with Gasteiger partial charge in [0.1, 0.15) is 11.6 Å². The van der Waals surface area contributed by atoms with E-state index >= 15 is 0 Å². The summed E-state index contributed by atoms with van der Waals surface area (Å²) in [4.78, 5) is 28.9. The predicted octanol–water partition coefficient (Wildman–Crippen LogP) is 0.0997. The molecular weight excluding hydrogens is 303 g/mol. The number of likely N-dealkylation sites (tertiary alicyclic amines) is 1. The van der Waals surface area contributed by atoms with E-state index in [0.717, 1.165) is 5.56 Å². The van der Waals surface area contributed by atoms with Gasteiger partial charge < -0.3 is 20.3 Å². The van der Waals surface area contributed by atoms with E-state index in [1.165, 1.54) is 23.4 Å². The van der Waals surface area contributed by atoms with Gasteiger partial charge in [-0.3, -0.25) is 9.59 Å². The summed E-state index contributed by atoms with van der Waals surface area (Å²) in [5, 5.41) is 5.74. The minimum Gasteiger partial charge on any atom is -0.334 e. The number of carbonyl (C=O) groups is 2. The number of ketones is 1. The number of hydrogen-bond donors (Lipinski definition) is 2. The van der Waals surface area contributed by atoms with Gasteiger partial charge >= 0.3 is 0 Å². The Morgan fingerprint density at radius 2 is 2.09 bits per heavy atom. The Morgan fingerprint density at radius 3 is 2.74 bits per heavy atom. The van der Waals surface area contributed by atoms with Crippen molar-refractivity contribution in [1.29, 1.82) is 0 Å². The van der Waals surface area contributed by atoms with E-state index in [0.29, 0.717) is 11.4 Å². The molecule has 1 fully saturated rings. The lowest BCUT2D eigenvalue weighted by Gasteiger charge is -2.23. The molecule has 2 aliphatic rings. The highest BCUT2D eigenvalue weighted by Gasteiger charge is 2.35. The van der Waals surface area contributed by atoms with E-state index in [9.17, 15) is 14.0 Å². The Bertz CT molecular complexity index is 699. The number of likely N-dealkylation sites (N-methyl/N-ethyl adjacent to an activating group) is 1. The van der Waals surface area contributed by atoms with Gasteiger partial charge in [0.2, 0.25) is 6.35 Å². The molecule has 3 rings (SSSR count). The number of carbonyl (C=O) groups excluding carboxylic acids is 2. The van der Waals surface area contributed by atoms with Crippen LogP contribution >= 0.6 is 0 Å². The number of nitrogens with zero attached hydrogens (tertiary/aromatic N) is 2. The molecule has 120 valence electrons. The van der Waals surface area contributed by atoms with Crippen molar-refractivity contribution in [2.24, 2.45) is 4.99 Å². The van der Waals surface area contributed by atoms with Crippen LogP contribution in [0.4, 0.5) is 4.39 Å². The van der Waals surface area contributed by atoms with Gasteiger partial charge in [0, 0.05) is 7.05 Å². The fraction of sp³-hybridized carbons (Fsp3) is 0.267. The van der Waals surface area contributed by atoms with Gasteiger partial charge in [0.25, 0.3) is 11.7 Å². The summed E-state index contributed by atoms with van der Waals surface area (Å²) in [6.45, 7) is 0.455. The van der Waals surface area contributed by atoms with Crippen LogP contribution in [0.1, 0.15) is 5.56 Å². The van der Waals surface area contributed by atoms with Crippen LogP contribution in [-0.4, -0.2) is 42.9 Å². The lowest BCUT2D eigenvalue weighted by atomic mass is 10.2. The molecule has 23 heavy (non-hydrogen) atoms. The molecule has 0 aromatic heterocycles. The summed E-state index contributed by atoms with van der Waals surface area (Å²) >= 11 is 0. The molecule has 1 saturated heterocycles. The van der Waals surface area contributed by atoms with Gasteiger partial charge in [-0.25, -0.2) is 9.38 Å². The van der Waals surface area contributed by atoms with Crippen LogP contribution in [0.2, 0.25) is 0 Å². The maximum absolute atomic E-state index is 12.9. The Balaban J connectivity index is 1.66. The van der Waals surface area contributed by atoms with Crippen molar-refractivity contribution in [2.45, 2.75) is 13.0 Å². The van der Waals surface area contributed by atoms with Crippen molar-refractivity contribution in [3.05, 3.63) is 47.0 Å². The van der Waals surface area contributed by atoms with E-state index in [1.807, 2.05) is 0 Å². The first-order valence-electron chi connectivity index (χ1n) is 6.98. The molecule has 0 spiro atoms. The van der Waals surface area contributed by atoms with Crippen LogP contribution in [0.15, 0.2) is 40.7 Å². The van der Waals surface area contributed by atoms with E-state index in [4.69, 9.17) is 4.74 Å². The normalized spacial score (nSPS) is 23.9. The minimum absolute atomic E-state index is 0.227. The number of ether oxygens (including phenoxy) is 1. The fourth-order valence-electron chi connectivity index (χ4n) is 2.26. The number of nitrogens with one attached hydrogen (secondary N) is 2. The number of aliphatic imine (C=N–C) groups is 1. The zero-order chi connectivity index (χ0) is 16.4. The van der Waals surface area contributed by atoms with Crippen molar-refractivity contribution < 1.29 is 18.7 Å². The summed E-state index contributed by atoms with van der Waals surface area (Å²) in [7, 11) is 1.56. The van der Waals surface area contributed by atoms with E-state index in [-0.39, 0.29) is 19.0 Å². The van der Waals surface area contributed by atoms with Crippen molar-refractivity contribution in [3.8, 4) is 0 Å². The largest absolute Gasteiger partial charge is 0.334 e. The standard InChI is InChI=1S/C15H15FN4O3/c1-20-6-11(12(21)14(20)22)13-17-8-18-15(19-13)23-7-9-2-4-10(16)5-3-9/h2-5,8,15,19H,6-7H2,1H3,(H,17,18). The summed E-state index contributed by atoms with van der Waals surface area (Å²) in [6, 6.07) is 5.94. The first-order chi connectivity index (χ1) is 11.0. The number of benzene rings is 1. The van der Waals surface area contributed by atoms with Crippen molar-refractivity contribution in [3.63, 3.8) is 0 Å². The monoisotopic (exact) mass is 318 g/mol. The van der Waals surface area contributed by atoms with Crippen LogP contribution in [0, 0.1) is 5.82 Å². The molecule has 2 N–H and O–H groups in total. The average Bonchev–Trinajstić information content (AvgIpc) is 2.82. The average molecular weight is 318 g/mol.